The van der Waals surface area contributed by atoms with Crippen molar-refractivity contribution in [2.24, 2.45) is 0 Å². The second-order valence-corrected chi connectivity index (χ2v) is 4.76. The summed E-state index contributed by atoms with van der Waals surface area (Å²) in [6.07, 6.45) is 3.61. The van der Waals surface area contributed by atoms with E-state index < -0.39 is 0 Å². The van der Waals surface area contributed by atoms with Crippen LogP contribution in [0.2, 0.25) is 0 Å². The molecule has 2 heterocycles. The van der Waals surface area contributed by atoms with E-state index in [-0.39, 0.29) is 0 Å². The largest absolute Gasteiger partial charge is 0.383 e. The fourth-order valence-electron chi connectivity index (χ4n) is 1.43. The van der Waals surface area contributed by atoms with Crippen LogP contribution in [0.3, 0.4) is 0 Å². The molecule has 7 nitrogen and oxygen atoms in total. The SMILES string of the molecule is COCCNCCCc1nnc(-c2cn[nH]n2)s1. The predicted molar refractivity (Wildman–Crippen MR) is 68.4 cm³/mol. The van der Waals surface area contributed by atoms with Gasteiger partial charge in [-0.2, -0.15) is 15.4 Å². The van der Waals surface area contributed by atoms with Crippen molar-refractivity contribution < 1.29 is 4.74 Å². The van der Waals surface area contributed by atoms with E-state index in [2.05, 4.69) is 30.9 Å². The first-order valence-corrected chi connectivity index (χ1v) is 6.60. The molecule has 0 amide bonds. The number of nitrogens with one attached hydrogen (secondary N) is 2. The lowest BCUT2D eigenvalue weighted by atomic mass is 10.3. The minimum Gasteiger partial charge on any atom is -0.383 e. The Morgan fingerprint density at radius 1 is 1.39 bits per heavy atom. The molecule has 0 aromatic carbocycles. The van der Waals surface area contributed by atoms with Gasteiger partial charge in [-0.3, -0.25) is 0 Å². The van der Waals surface area contributed by atoms with E-state index in [4.69, 9.17) is 4.74 Å². The molecule has 2 aromatic heterocycles. The van der Waals surface area contributed by atoms with Gasteiger partial charge in [0.25, 0.3) is 0 Å². The number of methoxy groups -OCH3 is 1. The smallest absolute Gasteiger partial charge is 0.169 e. The molecule has 0 saturated heterocycles. The minimum atomic E-state index is 0.745. The molecule has 0 atom stereocenters. The molecule has 98 valence electrons. The Morgan fingerprint density at radius 3 is 3.11 bits per heavy atom. The van der Waals surface area contributed by atoms with Crippen LogP contribution in [0.15, 0.2) is 6.20 Å². The van der Waals surface area contributed by atoms with Crippen LogP contribution in [0, 0.1) is 0 Å². The molecule has 0 aliphatic rings. The van der Waals surface area contributed by atoms with E-state index in [0.29, 0.717) is 0 Å². The Hall–Kier alpha value is -1.38. The molecule has 2 rings (SSSR count). The number of hydrogen-bond donors (Lipinski definition) is 2. The van der Waals surface area contributed by atoms with Crippen molar-refractivity contribution in [3.63, 3.8) is 0 Å². The van der Waals surface area contributed by atoms with Gasteiger partial charge in [0.2, 0.25) is 0 Å². The van der Waals surface area contributed by atoms with Crippen molar-refractivity contribution in [2.45, 2.75) is 12.8 Å². The maximum atomic E-state index is 4.95. The third-order valence-corrected chi connectivity index (χ3v) is 3.33. The molecule has 8 heteroatoms. The van der Waals surface area contributed by atoms with Crippen LogP contribution in [-0.4, -0.2) is 52.4 Å². The number of ether oxygens (including phenoxy) is 1. The minimum absolute atomic E-state index is 0.745. The third-order valence-electron chi connectivity index (χ3n) is 2.33. The van der Waals surface area contributed by atoms with E-state index in [1.807, 2.05) is 0 Å². The monoisotopic (exact) mass is 268 g/mol. The molecule has 0 unspecified atom stereocenters. The summed E-state index contributed by atoms with van der Waals surface area (Å²) in [4.78, 5) is 0. The van der Waals surface area contributed by atoms with Crippen LogP contribution in [-0.2, 0) is 11.2 Å². The highest BCUT2D eigenvalue weighted by Crippen LogP contribution is 2.20. The summed E-state index contributed by atoms with van der Waals surface area (Å²) >= 11 is 1.56. The summed E-state index contributed by atoms with van der Waals surface area (Å²) < 4.78 is 4.95. The number of aromatic nitrogens is 5. The summed E-state index contributed by atoms with van der Waals surface area (Å²) in [6.45, 7) is 2.59. The fourth-order valence-corrected chi connectivity index (χ4v) is 2.26. The highest BCUT2D eigenvalue weighted by molar-refractivity contribution is 7.14. The van der Waals surface area contributed by atoms with Gasteiger partial charge < -0.3 is 10.1 Å². The Bertz CT molecular complexity index is 443. The number of aromatic amines is 1. The average molecular weight is 268 g/mol. The Kier molecular flexibility index (Phi) is 5.18. The van der Waals surface area contributed by atoms with Gasteiger partial charge in [0, 0.05) is 20.1 Å². The topological polar surface area (TPSA) is 88.6 Å². The number of aryl methyl sites for hydroxylation is 1. The standard InChI is InChI=1S/C10H16N6OS/c1-17-6-5-11-4-2-3-9-14-15-10(18-9)8-7-12-16-13-8/h7,11H,2-6H2,1H3,(H,12,13,16). The van der Waals surface area contributed by atoms with Gasteiger partial charge in [0.15, 0.2) is 5.01 Å². The van der Waals surface area contributed by atoms with Crippen molar-refractivity contribution in [1.29, 1.82) is 0 Å². The molecule has 0 aliphatic heterocycles. The Labute approximate surface area is 109 Å². The number of rotatable bonds is 8. The fraction of sp³-hybridized carbons (Fsp3) is 0.600. The Morgan fingerprint density at radius 2 is 2.33 bits per heavy atom. The summed E-state index contributed by atoms with van der Waals surface area (Å²) in [5.41, 5.74) is 0.747. The second kappa shape index (κ2) is 7.14. The van der Waals surface area contributed by atoms with Crippen LogP contribution in [0.4, 0.5) is 0 Å². The quantitative estimate of drug-likeness (QED) is 0.677. The van der Waals surface area contributed by atoms with Gasteiger partial charge >= 0.3 is 0 Å². The lowest BCUT2D eigenvalue weighted by molar-refractivity contribution is 0.199. The molecule has 0 radical (unpaired) electrons. The van der Waals surface area contributed by atoms with Gasteiger partial charge in [-0.1, -0.05) is 11.3 Å². The first-order valence-electron chi connectivity index (χ1n) is 5.78. The number of hydrogen-bond acceptors (Lipinski definition) is 7. The van der Waals surface area contributed by atoms with Crippen LogP contribution >= 0.6 is 11.3 Å². The highest BCUT2D eigenvalue weighted by atomic mass is 32.1. The molecule has 0 spiro atoms. The molecule has 18 heavy (non-hydrogen) atoms. The van der Waals surface area contributed by atoms with Crippen molar-refractivity contribution in [3.05, 3.63) is 11.2 Å². The molecule has 2 aromatic rings. The molecule has 2 N–H and O–H groups in total. The maximum absolute atomic E-state index is 4.95. The van der Waals surface area contributed by atoms with Crippen LogP contribution in [0.25, 0.3) is 10.7 Å². The zero-order chi connectivity index (χ0) is 12.6. The predicted octanol–water partition coefficient (Wildman–Crippen LogP) is 0.492. The van der Waals surface area contributed by atoms with E-state index in [0.717, 1.165) is 48.2 Å². The average Bonchev–Trinajstić information content (AvgIpc) is 3.03. The highest BCUT2D eigenvalue weighted by Gasteiger charge is 2.08. The van der Waals surface area contributed by atoms with Crippen LogP contribution < -0.4 is 5.32 Å². The first kappa shape index (κ1) is 13.1. The van der Waals surface area contributed by atoms with E-state index in [9.17, 15) is 0 Å². The summed E-state index contributed by atoms with van der Waals surface area (Å²) in [5, 5.41) is 23.7. The Balaban J connectivity index is 1.71. The van der Waals surface area contributed by atoms with Gasteiger partial charge in [0.05, 0.1) is 12.8 Å². The third kappa shape index (κ3) is 3.83. The molecule has 0 aliphatic carbocycles. The normalized spacial score (nSPS) is 10.9. The van der Waals surface area contributed by atoms with Crippen LogP contribution in [0.1, 0.15) is 11.4 Å². The van der Waals surface area contributed by atoms with Crippen molar-refractivity contribution in [3.8, 4) is 10.7 Å². The summed E-state index contributed by atoms with van der Waals surface area (Å²) in [5.74, 6) is 0. The first-order chi connectivity index (χ1) is 8.90. The van der Waals surface area contributed by atoms with E-state index in [1.165, 1.54) is 0 Å². The summed E-state index contributed by atoms with van der Waals surface area (Å²) in [6, 6.07) is 0. The molecular formula is C10H16N6OS. The molecule has 0 saturated carbocycles. The van der Waals surface area contributed by atoms with Gasteiger partial charge in [-0.15, -0.1) is 10.2 Å². The van der Waals surface area contributed by atoms with Crippen LogP contribution in [0.5, 0.6) is 0 Å². The van der Waals surface area contributed by atoms with E-state index in [1.54, 1.807) is 24.6 Å². The number of nitrogens with zero attached hydrogens (tertiary/aromatic N) is 4. The second-order valence-electron chi connectivity index (χ2n) is 3.70. The lowest BCUT2D eigenvalue weighted by Crippen LogP contribution is -2.20. The lowest BCUT2D eigenvalue weighted by Gasteiger charge is -2.01. The number of H-pyrrole nitrogens is 1. The van der Waals surface area contributed by atoms with Crippen molar-refractivity contribution in [2.75, 3.05) is 26.8 Å². The molecular weight excluding hydrogens is 252 g/mol. The molecule has 0 fully saturated rings. The zero-order valence-corrected chi connectivity index (χ0v) is 11.0. The van der Waals surface area contributed by atoms with Gasteiger partial charge in [-0.25, -0.2) is 0 Å². The van der Waals surface area contributed by atoms with E-state index >= 15 is 0 Å². The van der Waals surface area contributed by atoms with Crippen molar-refractivity contribution >= 4 is 11.3 Å². The van der Waals surface area contributed by atoms with Gasteiger partial charge in [-0.05, 0) is 13.0 Å². The summed E-state index contributed by atoms with van der Waals surface area (Å²) in [7, 11) is 1.70. The zero-order valence-electron chi connectivity index (χ0n) is 10.2. The maximum Gasteiger partial charge on any atom is 0.169 e. The van der Waals surface area contributed by atoms with Crippen molar-refractivity contribution in [1.82, 2.24) is 30.9 Å². The molecule has 0 bridgehead atoms. The van der Waals surface area contributed by atoms with Gasteiger partial charge in [0.1, 0.15) is 10.7 Å².